The first kappa shape index (κ1) is 14.7. The predicted molar refractivity (Wildman–Crippen MR) is 79.2 cm³/mol. The largest absolute Gasteiger partial charge is 0.392 e. The van der Waals surface area contributed by atoms with E-state index < -0.39 is 0 Å². The SMILES string of the molecule is CC(O)CNCc1nn(C(C)C)nc1-c1ccccc1. The maximum atomic E-state index is 9.31. The van der Waals surface area contributed by atoms with Crippen molar-refractivity contribution in [1.29, 1.82) is 0 Å². The number of hydrogen-bond donors (Lipinski definition) is 2. The molecule has 0 saturated heterocycles. The lowest BCUT2D eigenvalue weighted by Crippen LogP contribution is -2.24. The molecule has 0 aliphatic heterocycles. The van der Waals surface area contributed by atoms with Crippen LogP contribution in [0.25, 0.3) is 11.3 Å². The monoisotopic (exact) mass is 274 g/mol. The van der Waals surface area contributed by atoms with Gasteiger partial charge in [-0.15, -0.1) is 0 Å². The summed E-state index contributed by atoms with van der Waals surface area (Å²) in [5, 5.41) is 21.6. The summed E-state index contributed by atoms with van der Waals surface area (Å²) in [7, 11) is 0. The Morgan fingerprint density at radius 1 is 1.15 bits per heavy atom. The lowest BCUT2D eigenvalue weighted by Gasteiger charge is -2.06. The smallest absolute Gasteiger partial charge is 0.117 e. The van der Waals surface area contributed by atoms with Gasteiger partial charge >= 0.3 is 0 Å². The highest BCUT2D eigenvalue weighted by Gasteiger charge is 2.14. The molecule has 0 amide bonds. The van der Waals surface area contributed by atoms with Crippen molar-refractivity contribution in [3.05, 3.63) is 36.0 Å². The number of aromatic nitrogens is 3. The number of aliphatic hydroxyl groups excluding tert-OH is 1. The van der Waals surface area contributed by atoms with Crippen molar-refractivity contribution in [2.75, 3.05) is 6.54 Å². The summed E-state index contributed by atoms with van der Waals surface area (Å²) >= 11 is 0. The molecule has 2 N–H and O–H groups in total. The van der Waals surface area contributed by atoms with Crippen molar-refractivity contribution in [1.82, 2.24) is 20.3 Å². The van der Waals surface area contributed by atoms with Crippen molar-refractivity contribution in [3.8, 4) is 11.3 Å². The summed E-state index contributed by atoms with van der Waals surface area (Å²) in [5.41, 5.74) is 2.87. The van der Waals surface area contributed by atoms with E-state index in [9.17, 15) is 5.11 Å². The van der Waals surface area contributed by atoms with Crippen molar-refractivity contribution in [2.24, 2.45) is 0 Å². The summed E-state index contributed by atoms with van der Waals surface area (Å²) < 4.78 is 0. The number of benzene rings is 1. The lowest BCUT2D eigenvalue weighted by atomic mass is 10.1. The number of nitrogens with one attached hydrogen (secondary N) is 1. The highest BCUT2D eigenvalue weighted by Crippen LogP contribution is 2.21. The molecule has 0 saturated carbocycles. The van der Waals surface area contributed by atoms with Crippen LogP contribution in [0.3, 0.4) is 0 Å². The molecule has 2 rings (SSSR count). The minimum absolute atomic E-state index is 0.225. The molecule has 0 bridgehead atoms. The molecular formula is C15H22N4O. The van der Waals surface area contributed by atoms with Crippen LogP contribution in [0.5, 0.6) is 0 Å². The van der Waals surface area contributed by atoms with Crippen LogP contribution < -0.4 is 5.32 Å². The van der Waals surface area contributed by atoms with Gasteiger partial charge in [0.05, 0.1) is 12.1 Å². The Morgan fingerprint density at radius 2 is 1.85 bits per heavy atom. The molecule has 1 aromatic heterocycles. The molecule has 5 heteroatoms. The Morgan fingerprint density at radius 3 is 2.45 bits per heavy atom. The van der Waals surface area contributed by atoms with Crippen LogP contribution in [0.4, 0.5) is 0 Å². The molecule has 1 atom stereocenters. The number of hydrogen-bond acceptors (Lipinski definition) is 4. The molecule has 5 nitrogen and oxygen atoms in total. The minimum atomic E-state index is -0.365. The van der Waals surface area contributed by atoms with E-state index in [-0.39, 0.29) is 12.1 Å². The minimum Gasteiger partial charge on any atom is -0.392 e. The maximum absolute atomic E-state index is 9.31. The third kappa shape index (κ3) is 3.65. The Bertz CT molecular complexity index is 534. The molecule has 108 valence electrons. The fourth-order valence-electron chi connectivity index (χ4n) is 1.92. The Hall–Kier alpha value is -1.72. The van der Waals surface area contributed by atoms with Crippen molar-refractivity contribution < 1.29 is 5.11 Å². The standard InChI is InChI=1S/C15H22N4O/c1-11(2)19-17-14(10-16-9-12(3)20)15(18-19)13-7-5-4-6-8-13/h4-8,11-12,16,20H,9-10H2,1-3H3. The van der Waals surface area contributed by atoms with Gasteiger partial charge in [0.1, 0.15) is 11.4 Å². The first-order valence-electron chi connectivity index (χ1n) is 6.98. The maximum Gasteiger partial charge on any atom is 0.117 e. The van der Waals surface area contributed by atoms with Crippen LogP contribution in [-0.2, 0) is 6.54 Å². The van der Waals surface area contributed by atoms with Gasteiger partial charge in [0.2, 0.25) is 0 Å². The molecular weight excluding hydrogens is 252 g/mol. The fourth-order valence-corrected chi connectivity index (χ4v) is 1.92. The highest BCUT2D eigenvalue weighted by atomic mass is 16.3. The van der Waals surface area contributed by atoms with Crippen molar-refractivity contribution >= 4 is 0 Å². The molecule has 0 fully saturated rings. The van der Waals surface area contributed by atoms with Crippen LogP contribution >= 0.6 is 0 Å². The Labute approximate surface area is 119 Å². The van der Waals surface area contributed by atoms with Gasteiger partial charge in [-0.25, -0.2) is 0 Å². The van der Waals surface area contributed by atoms with E-state index in [2.05, 4.69) is 29.4 Å². The van der Waals surface area contributed by atoms with Crippen LogP contribution in [0, 0.1) is 0 Å². The van der Waals surface area contributed by atoms with Crippen LogP contribution in [0.2, 0.25) is 0 Å². The number of rotatable bonds is 6. The van der Waals surface area contributed by atoms with Gasteiger partial charge in [-0.3, -0.25) is 0 Å². The van der Waals surface area contributed by atoms with E-state index in [0.717, 1.165) is 17.0 Å². The van der Waals surface area contributed by atoms with E-state index in [1.54, 1.807) is 11.7 Å². The van der Waals surface area contributed by atoms with Crippen LogP contribution in [-0.4, -0.2) is 32.7 Å². The molecule has 0 aliphatic rings. The first-order valence-corrected chi connectivity index (χ1v) is 6.98. The summed E-state index contributed by atoms with van der Waals surface area (Å²) in [6.07, 6.45) is -0.365. The third-order valence-electron chi connectivity index (χ3n) is 2.94. The van der Waals surface area contributed by atoms with Crippen molar-refractivity contribution in [3.63, 3.8) is 0 Å². The summed E-state index contributed by atoms with van der Waals surface area (Å²) in [4.78, 5) is 1.74. The lowest BCUT2D eigenvalue weighted by molar-refractivity contribution is 0.191. The molecule has 0 spiro atoms. The molecule has 1 heterocycles. The van der Waals surface area contributed by atoms with Crippen LogP contribution in [0.1, 0.15) is 32.5 Å². The molecule has 0 radical (unpaired) electrons. The summed E-state index contributed by atoms with van der Waals surface area (Å²) in [6, 6.07) is 10.3. The molecule has 1 aromatic carbocycles. The molecule has 0 aliphatic carbocycles. The Kier molecular flexibility index (Phi) is 4.87. The topological polar surface area (TPSA) is 63.0 Å². The van der Waals surface area contributed by atoms with Gasteiger partial charge in [0, 0.05) is 18.7 Å². The zero-order chi connectivity index (χ0) is 14.5. The van der Waals surface area contributed by atoms with Gasteiger partial charge < -0.3 is 10.4 Å². The van der Waals surface area contributed by atoms with E-state index in [4.69, 9.17) is 0 Å². The summed E-state index contributed by atoms with van der Waals surface area (Å²) in [6.45, 7) is 7.02. The first-order chi connectivity index (χ1) is 9.58. The Balaban J connectivity index is 2.24. The molecule has 2 aromatic rings. The van der Waals surface area contributed by atoms with Gasteiger partial charge in [0.15, 0.2) is 0 Å². The highest BCUT2D eigenvalue weighted by molar-refractivity contribution is 5.60. The van der Waals surface area contributed by atoms with Gasteiger partial charge in [-0.1, -0.05) is 30.3 Å². The van der Waals surface area contributed by atoms with E-state index in [1.807, 2.05) is 30.3 Å². The molecule has 20 heavy (non-hydrogen) atoms. The van der Waals surface area contributed by atoms with Gasteiger partial charge in [-0.2, -0.15) is 15.0 Å². The second kappa shape index (κ2) is 6.63. The van der Waals surface area contributed by atoms with E-state index in [1.165, 1.54) is 0 Å². The van der Waals surface area contributed by atoms with E-state index in [0.29, 0.717) is 13.1 Å². The second-order valence-corrected chi connectivity index (χ2v) is 5.26. The predicted octanol–water partition coefficient (Wildman–Crippen LogP) is 2.00. The second-order valence-electron chi connectivity index (χ2n) is 5.26. The number of nitrogens with zero attached hydrogens (tertiary/aromatic N) is 3. The van der Waals surface area contributed by atoms with Gasteiger partial charge in [-0.05, 0) is 20.8 Å². The fraction of sp³-hybridized carbons (Fsp3) is 0.467. The van der Waals surface area contributed by atoms with E-state index >= 15 is 0 Å². The normalized spacial score (nSPS) is 12.8. The average molecular weight is 274 g/mol. The third-order valence-corrected chi connectivity index (χ3v) is 2.94. The molecule has 1 unspecified atom stereocenters. The number of aliphatic hydroxyl groups is 1. The summed E-state index contributed by atoms with van der Waals surface area (Å²) in [5.74, 6) is 0. The average Bonchev–Trinajstić information content (AvgIpc) is 2.84. The van der Waals surface area contributed by atoms with Gasteiger partial charge in [0.25, 0.3) is 0 Å². The quantitative estimate of drug-likeness (QED) is 0.845. The zero-order valence-electron chi connectivity index (χ0n) is 12.2. The van der Waals surface area contributed by atoms with Crippen LogP contribution in [0.15, 0.2) is 30.3 Å². The zero-order valence-corrected chi connectivity index (χ0v) is 12.2. The van der Waals surface area contributed by atoms with Crippen molar-refractivity contribution in [2.45, 2.75) is 39.5 Å².